The van der Waals surface area contributed by atoms with Crippen LogP contribution in [0.5, 0.6) is 0 Å². The zero-order chi connectivity index (χ0) is 13.0. The van der Waals surface area contributed by atoms with Gasteiger partial charge in [0.25, 0.3) is 0 Å². The van der Waals surface area contributed by atoms with E-state index in [2.05, 4.69) is 39.8 Å². The van der Waals surface area contributed by atoms with Crippen molar-refractivity contribution in [2.75, 3.05) is 20.3 Å². The maximum Gasteiger partial charge on any atom is 0.0739 e. The van der Waals surface area contributed by atoms with Gasteiger partial charge in [0.05, 0.1) is 22.5 Å². The van der Waals surface area contributed by atoms with Crippen molar-refractivity contribution in [3.05, 3.63) is 15.9 Å². The van der Waals surface area contributed by atoms with E-state index in [1.165, 1.54) is 5.69 Å². The highest BCUT2D eigenvalue weighted by Crippen LogP contribution is 2.22. The number of ether oxygens (including phenoxy) is 1. The number of hydrogen-bond donors (Lipinski definition) is 0. The predicted molar refractivity (Wildman–Crippen MR) is 73.1 cm³/mol. The van der Waals surface area contributed by atoms with Gasteiger partial charge in [0.1, 0.15) is 0 Å². The van der Waals surface area contributed by atoms with E-state index in [1.54, 1.807) is 7.11 Å². The molecule has 0 aliphatic rings. The fourth-order valence-electron chi connectivity index (χ4n) is 1.97. The summed E-state index contributed by atoms with van der Waals surface area (Å²) in [6.07, 6.45) is 0. The molecule has 17 heavy (non-hydrogen) atoms. The Balaban J connectivity index is 2.80. The minimum Gasteiger partial charge on any atom is -0.383 e. The molecule has 0 N–H and O–H groups in total. The third-order valence-corrected chi connectivity index (χ3v) is 4.08. The average Bonchev–Trinajstić information content (AvgIpc) is 2.51. The molecule has 4 nitrogen and oxygen atoms in total. The Morgan fingerprint density at radius 3 is 2.59 bits per heavy atom. The number of methoxy groups -OCH3 is 1. The molecule has 5 heteroatoms. The van der Waals surface area contributed by atoms with Crippen molar-refractivity contribution in [3.8, 4) is 0 Å². The Morgan fingerprint density at radius 2 is 2.18 bits per heavy atom. The average molecular weight is 304 g/mol. The number of aromatic nitrogens is 2. The van der Waals surface area contributed by atoms with Gasteiger partial charge in [-0.2, -0.15) is 5.10 Å². The zero-order valence-corrected chi connectivity index (χ0v) is 12.9. The van der Waals surface area contributed by atoms with Gasteiger partial charge in [-0.3, -0.25) is 9.58 Å². The van der Waals surface area contributed by atoms with Crippen molar-refractivity contribution in [1.29, 1.82) is 0 Å². The van der Waals surface area contributed by atoms with Gasteiger partial charge in [-0.1, -0.05) is 6.92 Å². The molecule has 1 atom stereocenters. The van der Waals surface area contributed by atoms with Crippen LogP contribution in [0.25, 0.3) is 0 Å². The van der Waals surface area contributed by atoms with Crippen LogP contribution in [0.1, 0.15) is 25.2 Å². The fraction of sp³-hybridized carbons (Fsp3) is 0.750. The first-order valence-electron chi connectivity index (χ1n) is 5.92. The molecule has 0 bridgehead atoms. The van der Waals surface area contributed by atoms with E-state index in [0.29, 0.717) is 6.04 Å². The Morgan fingerprint density at radius 1 is 1.53 bits per heavy atom. The molecule has 0 amide bonds. The number of hydrogen-bond acceptors (Lipinski definition) is 3. The lowest BCUT2D eigenvalue weighted by atomic mass is 10.2. The van der Waals surface area contributed by atoms with Crippen LogP contribution in [0, 0.1) is 6.92 Å². The standard InChI is InChI=1S/C12H22BrN3O/c1-6-16(9(2)8-17-5)7-11-12(13)10(3)14-15(11)4/h9H,6-8H2,1-5H3. The van der Waals surface area contributed by atoms with Gasteiger partial charge in [-0.15, -0.1) is 0 Å². The summed E-state index contributed by atoms with van der Waals surface area (Å²) >= 11 is 3.61. The van der Waals surface area contributed by atoms with Crippen molar-refractivity contribution < 1.29 is 4.74 Å². The van der Waals surface area contributed by atoms with Crippen LogP contribution in [0.2, 0.25) is 0 Å². The minimum atomic E-state index is 0.409. The Kier molecular flexibility index (Phi) is 5.62. The van der Waals surface area contributed by atoms with E-state index in [1.807, 2.05) is 18.7 Å². The SMILES string of the molecule is CCN(Cc1c(Br)c(C)nn1C)C(C)COC. The highest BCUT2D eigenvalue weighted by atomic mass is 79.9. The lowest BCUT2D eigenvalue weighted by Gasteiger charge is -2.27. The summed E-state index contributed by atoms with van der Waals surface area (Å²) < 4.78 is 8.27. The van der Waals surface area contributed by atoms with Crippen LogP contribution < -0.4 is 0 Å². The molecule has 0 aliphatic carbocycles. The molecule has 1 aromatic rings. The molecule has 0 saturated carbocycles. The molecule has 0 aromatic carbocycles. The smallest absolute Gasteiger partial charge is 0.0739 e. The van der Waals surface area contributed by atoms with Gasteiger partial charge in [0.15, 0.2) is 0 Å². The van der Waals surface area contributed by atoms with Gasteiger partial charge in [-0.05, 0) is 36.3 Å². The zero-order valence-electron chi connectivity index (χ0n) is 11.3. The molecule has 0 fully saturated rings. The maximum atomic E-state index is 5.21. The topological polar surface area (TPSA) is 30.3 Å². The summed E-state index contributed by atoms with van der Waals surface area (Å²) in [7, 11) is 3.73. The molecular formula is C12H22BrN3O. The Hall–Kier alpha value is -0.390. The Bertz CT molecular complexity index is 365. The third-order valence-electron chi connectivity index (χ3n) is 3.05. The summed E-state index contributed by atoms with van der Waals surface area (Å²) in [5, 5.41) is 4.42. The number of likely N-dealkylation sites (N-methyl/N-ethyl adjacent to an activating group) is 1. The Labute approximate surface area is 112 Å². The van der Waals surface area contributed by atoms with E-state index in [9.17, 15) is 0 Å². The molecule has 1 rings (SSSR count). The van der Waals surface area contributed by atoms with Gasteiger partial charge in [0, 0.05) is 26.7 Å². The van der Waals surface area contributed by atoms with Crippen LogP contribution >= 0.6 is 15.9 Å². The second kappa shape index (κ2) is 6.52. The van der Waals surface area contributed by atoms with Crippen LogP contribution in [0.4, 0.5) is 0 Å². The summed E-state index contributed by atoms with van der Waals surface area (Å²) in [5.74, 6) is 0. The number of rotatable bonds is 6. The van der Waals surface area contributed by atoms with E-state index >= 15 is 0 Å². The first-order chi connectivity index (χ1) is 8.01. The number of nitrogens with zero attached hydrogens (tertiary/aromatic N) is 3. The van der Waals surface area contributed by atoms with Gasteiger partial charge in [-0.25, -0.2) is 0 Å². The van der Waals surface area contributed by atoms with Gasteiger partial charge in [0.2, 0.25) is 0 Å². The largest absolute Gasteiger partial charge is 0.383 e. The summed E-state index contributed by atoms with van der Waals surface area (Å²) in [4.78, 5) is 2.38. The molecular weight excluding hydrogens is 282 g/mol. The van der Waals surface area contributed by atoms with Crippen LogP contribution in [0.15, 0.2) is 4.47 Å². The van der Waals surface area contributed by atoms with Crippen molar-refractivity contribution in [1.82, 2.24) is 14.7 Å². The second-order valence-corrected chi connectivity index (χ2v) is 5.13. The molecule has 0 aliphatic heterocycles. The number of halogens is 1. The number of aryl methyl sites for hydroxylation is 2. The van der Waals surface area contributed by atoms with E-state index < -0.39 is 0 Å². The summed E-state index contributed by atoms with van der Waals surface area (Å²) in [6, 6.07) is 0.409. The van der Waals surface area contributed by atoms with Crippen molar-refractivity contribution >= 4 is 15.9 Å². The van der Waals surface area contributed by atoms with E-state index in [4.69, 9.17) is 4.74 Å². The highest BCUT2D eigenvalue weighted by molar-refractivity contribution is 9.10. The van der Waals surface area contributed by atoms with Gasteiger partial charge < -0.3 is 4.74 Å². The molecule has 1 heterocycles. The first-order valence-corrected chi connectivity index (χ1v) is 6.71. The lowest BCUT2D eigenvalue weighted by Crippen LogP contribution is -2.36. The fourth-order valence-corrected chi connectivity index (χ4v) is 2.43. The van der Waals surface area contributed by atoms with Crippen molar-refractivity contribution in [2.45, 2.75) is 33.4 Å². The van der Waals surface area contributed by atoms with E-state index in [-0.39, 0.29) is 0 Å². The monoisotopic (exact) mass is 303 g/mol. The quantitative estimate of drug-likeness (QED) is 0.808. The third kappa shape index (κ3) is 3.53. The second-order valence-electron chi connectivity index (χ2n) is 4.34. The summed E-state index contributed by atoms with van der Waals surface area (Å²) in [6.45, 7) is 9.01. The molecule has 98 valence electrons. The van der Waals surface area contributed by atoms with E-state index in [0.717, 1.165) is 29.9 Å². The minimum absolute atomic E-state index is 0.409. The van der Waals surface area contributed by atoms with Crippen LogP contribution in [0.3, 0.4) is 0 Å². The maximum absolute atomic E-state index is 5.21. The molecule has 0 saturated heterocycles. The van der Waals surface area contributed by atoms with Crippen LogP contribution in [-0.2, 0) is 18.3 Å². The molecule has 1 unspecified atom stereocenters. The van der Waals surface area contributed by atoms with Crippen LogP contribution in [-0.4, -0.2) is 41.0 Å². The predicted octanol–water partition coefficient (Wildman–Crippen LogP) is 2.35. The highest BCUT2D eigenvalue weighted by Gasteiger charge is 2.17. The molecule has 0 radical (unpaired) electrons. The first kappa shape index (κ1) is 14.7. The summed E-state index contributed by atoms with van der Waals surface area (Å²) in [5.41, 5.74) is 2.25. The van der Waals surface area contributed by atoms with Gasteiger partial charge >= 0.3 is 0 Å². The normalized spacial score (nSPS) is 13.4. The van der Waals surface area contributed by atoms with Crippen molar-refractivity contribution in [2.24, 2.45) is 7.05 Å². The lowest BCUT2D eigenvalue weighted by molar-refractivity contribution is 0.0965. The molecule has 0 spiro atoms. The van der Waals surface area contributed by atoms with Crippen molar-refractivity contribution in [3.63, 3.8) is 0 Å². The molecule has 1 aromatic heterocycles.